The molecule has 0 spiro atoms. The van der Waals surface area contributed by atoms with Crippen molar-refractivity contribution < 1.29 is 26.0 Å². The first kappa shape index (κ1) is 76.4. The minimum absolute atomic E-state index is 0.649. The van der Waals surface area contributed by atoms with Gasteiger partial charge in [-0.3, -0.25) is 0 Å². The van der Waals surface area contributed by atoms with Crippen molar-refractivity contribution in [2.45, 2.75) is 448 Å². The Morgan fingerprint density at radius 2 is 0.289 bits per heavy atom. The van der Waals surface area contributed by atoms with E-state index in [9.17, 15) is 0 Å². The van der Waals surface area contributed by atoms with Crippen LogP contribution in [0.25, 0.3) is 0 Å². The third-order valence-electron chi connectivity index (χ3n) is 17.9. The first-order valence-corrected chi connectivity index (χ1v) is 40.8. The van der Waals surface area contributed by atoms with Crippen molar-refractivity contribution in [1.82, 2.24) is 0 Å². The van der Waals surface area contributed by atoms with Gasteiger partial charge in [-0.2, -0.15) is 0 Å². The molecule has 0 aromatic carbocycles. The van der Waals surface area contributed by atoms with Gasteiger partial charge < -0.3 is 0 Å². The van der Waals surface area contributed by atoms with Gasteiger partial charge in [0.1, 0.15) is 0 Å². The van der Waals surface area contributed by atoms with Gasteiger partial charge in [0.25, 0.3) is 0 Å². The molecule has 458 valence electrons. The minimum atomic E-state index is -4.87. The molecule has 0 aliphatic heterocycles. The van der Waals surface area contributed by atoms with Gasteiger partial charge >= 0.3 is 318 Å². The van der Waals surface area contributed by atoms with Crippen LogP contribution in [0.15, 0.2) is 0 Å². The fourth-order valence-corrected chi connectivity index (χ4v) is 18.6. The van der Waals surface area contributed by atoms with Gasteiger partial charge in [0.2, 0.25) is 0 Å². The third kappa shape index (κ3) is 59.1. The van der Waals surface area contributed by atoms with Crippen LogP contribution in [0.4, 0.5) is 0 Å². The van der Waals surface area contributed by atoms with Crippen LogP contribution >= 0.6 is 0 Å². The molecule has 0 unspecified atom stereocenters. The first-order chi connectivity index (χ1) is 37.5. The number of rotatable bonds is 70. The van der Waals surface area contributed by atoms with E-state index >= 15 is 3.32 Å². The van der Waals surface area contributed by atoms with Crippen LogP contribution in [-0.2, 0) is 26.0 Å². The second-order valence-corrected chi connectivity index (χ2v) is 32.5. The summed E-state index contributed by atoms with van der Waals surface area (Å²) in [7, 11) is 0. The molecule has 0 heterocycles. The van der Waals surface area contributed by atoms with E-state index in [-0.39, 0.29) is 0 Å². The summed E-state index contributed by atoms with van der Waals surface area (Å²) in [5, 5.41) is 0. The van der Waals surface area contributed by atoms with Crippen LogP contribution in [0.1, 0.15) is 439 Å². The molecular weight excluding hydrogens is 961 g/mol. The Hall–Kier alpha value is 0.434. The van der Waals surface area contributed by atoms with Gasteiger partial charge in [0, 0.05) is 0 Å². The average Bonchev–Trinajstić information content (AvgIpc) is 3.43. The van der Waals surface area contributed by atoms with Crippen LogP contribution < -0.4 is 0 Å². The molecule has 76 heavy (non-hydrogen) atoms. The van der Waals surface area contributed by atoms with Crippen molar-refractivity contribution in [3.8, 4) is 0 Å². The van der Waals surface area contributed by atoms with E-state index in [1.54, 1.807) is 0 Å². The zero-order valence-electron chi connectivity index (χ0n) is 53.8. The molecule has 4 heteroatoms. The zero-order chi connectivity index (χ0) is 54.9. The summed E-state index contributed by atoms with van der Waals surface area (Å²) >= 11 is -4.87. The minimum Gasteiger partial charge on any atom is -0.0654 e. The Balaban J connectivity index is 5.10. The summed E-state index contributed by atoms with van der Waals surface area (Å²) < 4.78 is 31.1. The van der Waals surface area contributed by atoms with E-state index in [1.165, 1.54) is 385 Å². The molecule has 0 radical (unpaired) electrons. The van der Waals surface area contributed by atoms with Gasteiger partial charge in [-0.25, -0.2) is 0 Å². The standard InChI is InChI=1S/2C18H37O.2C18H37.O.Ti/c2*1-2-3-4-5-6-7-8-9-10-11-12-13-14-15-16-17-18-19;2*1-3-5-7-9-11-13-15-17-18-16-14-12-10-8-6-4-2;;/h2*2-18H2,1H3;2*1,3-18H2,2H3;;/q2*-1;;;;+2. The Labute approximate surface area is 484 Å². The second kappa shape index (κ2) is 64.6. The third-order valence-corrected chi connectivity index (χ3v) is 24.6. The summed E-state index contributed by atoms with van der Waals surface area (Å²) in [5.41, 5.74) is 0. The van der Waals surface area contributed by atoms with Gasteiger partial charge in [-0.1, -0.05) is 169 Å². The Morgan fingerprint density at radius 1 is 0.171 bits per heavy atom. The molecule has 0 aliphatic rings. The molecule has 0 amide bonds. The van der Waals surface area contributed by atoms with Gasteiger partial charge in [-0.15, -0.1) is 0 Å². The quantitative estimate of drug-likeness (QED) is 0.0450. The molecule has 0 N–H and O–H groups in total. The van der Waals surface area contributed by atoms with E-state index in [2.05, 4.69) is 27.7 Å². The van der Waals surface area contributed by atoms with Crippen LogP contribution in [0, 0.1) is 0 Å². The van der Waals surface area contributed by atoms with E-state index < -0.39 is 16.1 Å². The summed E-state index contributed by atoms with van der Waals surface area (Å²) in [5.74, 6) is 0. The number of hydrogen-bond acceptors (Lipinski definition) is 3. The normalized spacial score (nSPS) is 12.2. The maximum atomic E-state index is 15.8. The van der Waals surface area contributed by atoms with E-state index in [0.717, 1.165) is 25.7 Å². The Morgan fingerprint density at radius 3 is 0.434 bits per heavy atom. The molecule has 3 nitrogen and oxygen atoms in total. The van der Waals surface area contributed by atoms with Crippen molar-refractivity contribution in [3.05, 3.63) is 0 Å². The molecule has 0 rings (SSSR count). The zero-order valence-corrected chi connectivity index (χ0v) is 55.4. The van der Waals surface area contributed by atoms with E-state index in [0.29, 0.717) is 22.7 Å². The van der Waals surface area contributed by atoms with Crippen LogP contribution in [-0.4, -0.2) is 13.2 Å². The second-order valence-electron chi connectivity index (χ2n) is 25.8. The van der Waals surface area contributed by atoms with Crippen LogP contribution in [0.3, 0.4) is 0 Å². The average molecular weight is 1110 g/mol. The van der Waals surface area contributed by atoms with Crippen molar-refractivity contribution in [3.63, 3.8) is 0 Å². The predicted molar refractivity (Wildman–Crippen MR) is 340 cm³/mol. The molecule has 0 atom stereocenters. The molecule has 0 bridgehead atoms. The molecule has 0 fully saturated rings. The summed E-state index contributed by atoms with van der Waals surface area (Å²) in [6.45, 7) is 10.6. The van der Waals surface area contributed by atoms with Gasteiger partial charge in [0.05, 0.1) is 0 Å². The summed E-state index contributed by atoms with van der Waals surface area (Å²) in [6.07, 6.45) is 87.6. The molecule has 0 aliphatic carbocycles. The van der Waals surface area contributed by atoms with Crippen molar-refractivity contribution in [2.24, 2.45) is 0 Å². The van der Waals surface area contributed by atoms with Crippen molar-refractivity contribution in [1.29, 1.82) is 0 Å². The van der Waals surface area contributed by atoms with E-state index in [4.69, 9.17) is 6.64 Å². The smallest absolute Gasteiger partial charge is 0.0654 e. The van der Waals surface area contributed by atoms with Crippen LogP contribution in [0.5, 0.6) is 0 Å². The first-order valence-electron chi connectivity index (χ1n) is 36.7. The monoisotopic (exact) mass is 1110 g/mol. The van der Waals surface area contributed by atoms with Crippen LogP contribution in [0.2, 0.25) is 9.45 Å². The predicted octanol–water partition coefficient (Wildman–Crippen LogP) is 27.8. The van der Waals surface area contributed by atoms with Gasteiger partial charge in [-0.05, 0) is 0 Å². The molecule has 0 saturated heterocycles. The topological polar surface area (TPSA) is 35.5 Å². The fraction of sp³-hybridized carbons (Fsp3) is 1.00. The Kier molecular flexibility index (Phi) is 65.0. The number of hydrogen-bond donors (Lipinski definition) is 0. The van der Waals surface area contributed by atoms with E-state index in [1.807, 2.05) is 0 Å². The molecule has 0 aromatic heterocycles. The molecular formula is C72H148O3Ti. The van der Waals surface area contributed by atoms with Crippen molar-refractivity contribution >= 4 is 0 Å². The summed E-state index contributed by atoms with van der Waals surface area (Å²) in [4.78, 5) is 0. The fourth-order valence-electron chi connectivity index (χ4n) is 12.4. The maximum absolute atomic E-state index is 15.8. The van der Waals surface area contributed by atoms with Gasteiger partial charge in [0.15, 0.2) is 0 Å². The Bertz CT molecular complexity index is 1020. The molecule has 0 saturated carbocycles. The number of unbranched alkanes of at least 4 members (excludes halogenated alkanes) is 60. The SMILES string of the molecule is CCCCCCCCCCCCCCCCCC[O][Ti](=[O])([CH2]CCCCCCCCCCCCCCCCC)([CH2]CCCCCCCCCCCCCCCCC)[O]CCCCCCCCCCCCCCCCCC. The van der Waals surface area contributed by atoms with Crippen molar-refractivity contribution in [2.75, 3.05) is 13.2 Å². The summed E-state index contributed by atoms with van der Waals surface area (Å²) in [6, 6.07) is 0. The molecule has 0 aromatic rings.